The summed E-state index contributed by atoms with van der Waals surface area (Å²) in [7, 11) is 3.86. The van der Waals surface area contributed by atoms with Crippen molar-refractivity contribution in [3.8, 4) is 0 Å². The summed E-state index contributed by atoms with van der Waals surface area (Å²) in [6.45, 7) is 2.96. The van der Waals surface area contributed by atoms with Gasteiger partial charge in [-0.15, -0.1) is 0 Å². The second-order valence-electron chi connectivity index (χ2n) is 8.26. The molecule has 0 bridgehead atoms. The number of carbonyl (C=O) groups is 3. The SMILES string of the molecule is CN(C)CCNC(=O)C1(C)C=NC(c2ccccc2)=NC1c1ccc([N+](=O)[O-])s1.O=C(O)C=CC(=O)O. The van der Waals surface area contributed by atoms with Crippen LogP contribution < -0.4 is 5.32 Å². The van der Waals surface area contributed by atoms with E-state index < -0.39 is 28.3 Å². The maximum atomic E-state index is 13.0. The first-order valence-electron chi connectivity index (χ1n) is 10.9. The number of carbonyl (C=O) groups excluding carboxylic acids is 1. The monoisotopic (exact) mass is 529 g/mol. The van der Waals surface area contributed by atoms with Gasteiger partial charge in [0.2, 0.25) is 5.91 Å². The number of benzene rings is 1. The van der Waals surface area contributed by atoms with Crippen molar-refractivity contribution in [2.45, 2.75) is 13.0 Å². The molecule has 0 spiro atoms. The molecule has 0 saturated carbocycles. The number of nitrogens with one attached hydrogen (secondary N) is 1. The highest BCUT2D eigenvalue weighted by molar-refractivity contribution is 7.15. The van der Waals surface area contributed by atoms with Crippen LogP contribution >= 0.6 is 11.3 Å². The maximum Gasteiger partial charge on any atom is 0.328 e. The number of nitro groups is 1. The lowest BCUT2D eigenvalue weighted by Crippen LogP contribution is -2.46. The molecular formula is C24H27N5O7S. The fourth-order valence-electron chi connectivity index (χ4n) is 3.15. The molecule has 3 N–H and O–H groups in total. The molecular weight excluding hydrogens is 502 g/mol. The van der Waals surface area contributed by atoms with Crippen LogP contribution in [0.15, 0.2) is 64.6 Å². The fourth-order valence-corrected chi connectivity index (χ4v) is 4.14. The number of amidine groups is 1. The Kier molecular flexibility index (Phi) is 10.3. The lowest BCUT2D eigenvalue weighted by molar-refractivity contribution is -0.380. The predicted molar refractivity (Wildman–Crippen MR) is 139 cm³/mol. The summed E-state index contributed by atoms with van der Waals surface area (Å²) in [5.41, 5.74) is -0.224. The van der Waals surface area contributed by atoms with E-state index in [0.29, 0.717) is 36.0 Å². The van der Waals surface area contributed by atoms with E-state index in [0.717, 1.165) is 16.9 Å². The van der Waals surface area contributed by atoms with Crippen molar-refractivity contribution in [1.29, 1.82) is 0 Å². The number of hydrogen-bond donors (Lipinski definition) is 3. The Morgan fingerprint density at radius 1 is 1.14 bits per heavy atom. The number of hydrogen-bond acceptors (Lipinski definition) is 9. The molecule has 1 aromatic carbocycles. The molecule has 0 fully saturated rings. The van der Waals surface area contributed by atoms with Crippen molar-refractivity contribution in [3.05, 3.63) is 75.2 Å². The fraction of sp³-hybridized carbons (Fsp3) is 0.292. The zero-order valence-corrected chi connectivity index (χ0v) is 21.2. The van der Waals surface area contributed by atoms with Gasteiger partial charge in [-0.05, 0) is 27.1 Å². The van der Waals surface area contributed by atoms with Gasteiger partial charge in [-0.2, -0.15) is 0 Å². The average Bonchev–Trinajstić information content (AvgIpc) is 3.34. The molecule has 1 amide bonds. The molecule has 12 nitrogen and oxygen atoms in total. The quantitative estimate of drug-likeness (QED) is 0.252. The minimum atomic E-state index is -1.26. The summed E-state index contributed by atoms with van der Waals surface area (Å²) >= 11 is 1.04. The molecule has 0 aliphatic carbocycles. The minimum absolute atomic E-state index is 0.0225. The molecule has 13 heteroatoms. The number of carboxylic acids is 2. The van der Waals surface area contributed by atoms with Gasteiger partial charge in [0.15, 0.2) is 5.84 Å². The Bertz CT molecular complexity index is 1210. The molecule has 1 aliphatic heterocycles. The van der Waals surface area contributed by atoms with Crippen LogP contribution in [0, 0.1) is 15.5 Å². The molecule has 2 atom stereocenters. The van der Waals surface area contributed by atoms with Gasteiger partial charge in [-0.3, -0.25) is 19.9 Å². The minimum Gasteiger partial charge on any atom is -0.478 e. The van der Waals surface area contributed by atoms with E-state index in [1.165, 1.54) is 6.07 Å². The van der Waals surface area contributed by atoms with E-state index in [1.54, 1.807) is 19.2 Å². The summed E-state index contributed by atoms with van der Waals surface area (Å²) in [5.74, 6) is -2.22. The van der Waals surface area contributed by atoms with Gasteiger partial charge in [0.1, 0.15) is 11.5 Å². The van der Waals surface area contributed by atoms with Crippen LogP contribution in [-0.2, 0) is 14.4 Å². The lowest BCUT2D eigenvalue weighted by atomic mass is 9.80. The Balaban J connectivity index is 0.000000521. The van der Waals surface area contributed by atoms with Gasteiger partial charge in [0, 0.05) is 48.0 Å². The number of amides is 1. The standard InChI is InChI=1S/C20H23N5O3S.C4H4O4/c1-20(19(26)21-11-12-24(2)3)13-22-18(14-7-5-4-6-8-14)23-17(20)15-9-10-16(29-15)25(27)28;5-3(6)1-2-4(7)8/h4-10,13,17H,11-12H2,1-3H3,(H,21,26);1-2H,(H,5,6)(H,7,8). The highest BCUT2D eigenvalue weighted by Crippen LogP contribution is 2.43. The highest BCUT2D eigenvalue weighted by atomic mass is 32.1. The average molecular weight is 530 g/mol. The van der Waals surface area contributed by atoms with Crippen LogP contribution in [0.25, 0.3) is 0 Å². The molecule has 1 aromatic heterocycles. The Labute approximate surface area is 216 Å². The number of carboxylic acid groups (broad SMARTS) is 2. The molecule has 3 rings (SSSR count). The number of aliphatic imine (C=N–C) groups is 2. The van der Waals surface area contributed by atoms with Crippen molar-refractivity contribution < 1.29 is 29.5 Å². The Hall–Kier alpha value is -4.23. The van der Waals surface area contributed by atoms with Crippen molar-refractivity contribution in [1.82, 2.24) is 10.2 Å². The third-order valence-corrected chi connectivity index (χ3v) is 6.16. The first-order valence-corrected chi connectivity index (χ1v) is 11.7. The zero-order valence-electron chi connectivity index (χ0n) is 20.4. The van der Waals surface area contributed by atoms with Crippen LogP contribution in [0.5, 0.6) is 0 Å². The number of rotatable bonds is 9. The molecule has 37 heavy (non-hydrogen) atoms. The topological polar surface area (TPSA) is 175 Å². The predicted octanol–water partition coefficient (Wildman–Crippen LogP) is 2.62. The number of likely N-dealkylation sites (N-methyl/N-ethyl adjacent to an activating group) is 1. The largest absolute Gasteiger partial charge is 0.478 e. The molecule has 0 radical (unpaired) electrons. The normalized spacial score (nSPS) is 18.6. The van der Waals surface area contributed by atoms with Gasteiger partial charge in [0.05, 0.1) is 4.92 Å². The zero-order chi connectivity index (χ0) is 27.6. The van der Waals surface area contributed by atoms with E-state index >= 15 is 0 Å². The van der Waals surface area contributed by atoms with E-state index in [2.05, 4.69) is 10.3 Å². The molecule has 196 valence electrons. The first kappa shape index (κ1) is 29.0. The Morgan fingerprint density at radius 3 is 2.27 bits per heavy atom. The van der Waals surface area contributed by atoms with Gasteiger partial charge in [-0.25, -0.2) is 14.6 Å². The van der Waals surface area contributed by atoms with E-state index in [-0.39, 0.29) is 10.9 Å². The van der Waals surface area contributed by atoms with Gasteiger partial charge in [0.25, 0.3) is 0 Å². The summed E-state index contributed by atoms with van der Waals surface area (Å²) in [4.78, 5) is 54.7. The second-order valence-corrected chi connectivity index (χ2v) is 9.36. The smallest absolute Gasteiger partial charge is 0.328 e. The third-order valence-electron chi connectivity index (χ3n) is 5.07. The molecule has 2 unspecified atom stereocenters. The lowest BCUT2D eigenvalue weighted by Gasteiger charge is -2.33. The van der Waals surface area contributed by atoms with Crippen LogP contribution in [0.2, 0.25) is 0 Å². The molecule has 2 aromatic rings. The first-order chi connectivity index (χ1) is 17.4. The van der Waals surface area contributed by atoms with E-state index in [9.17, 15) is 24.5 Å². The van der Waals surface area contributed by atoms with Gasteiger partial charge in [-0.1, -0.05) is 41.7 Å². The molecule has 0 saturated heterocycles. The van der Waals surface area contributed by atoms with Crippen molar-refractivity contribution in [2.24, 2.45) is 15.4 Å². The number of nitrogens with zero attached hydrogens (tertiary/aromatic N) is 4. The summed E-state index contributed by atoms with van der Waals surface area (Å²) in [6, 6.07) is 12.0. The molecule has 1 aliphatic rings. The van der Waals surface area contributed by atoms with E-state index in [1.807, 2.05) is 49.3 Å². The van der Waals surface area contributed by atoms with E-state index in [4.69, 9.17) is 15.2 Å². The highest BCUT2D eigenvalue weighted by Gasteiger charge is 2.44. The summed E-state index contributed by atoms with van der Waals surface area (Å²) in [6.07, 6.45) is 2.73. The van der Waals surface area contributed by atoms with Crippen LogP contribution in [0.4, 0.5) is 5.00 Å². The molecule has 2 heterocycles. The van der Waals surface area contributed by atoms with Gasteiger partial charge >= 0.3 is 16.9 Å². The Morgan fingerprint density at radius 2 is 1.76 bits per heavy atom. The van der Waals surface area contributed by atoms with Crippen LogP contribution in [0.1, 0.15) is 23.4 Å². The maximum absolute atomic E-state index is 13.0. The van der Waals surface area contributed by atoms with Crippen molar-refractivity contribution in [2.75, 3.05) is 27.2 Å². The number of aliphatic carboxylic acids is 2. The second kappa shape index (κ2) is 13.2. The third kappa shape index (κ3) is 8.44. The van der Waals surface area contributed by atoms with Crippen molar-refractivity contribution >= 4 is 46.2 Å². The van der Waals surface area contributed by atoms with Crippen LogP contribution in [0.3, 0.4) is 0 Å². The number of thiophene rings is 1. The summed E-state index contributed by atoms with van der Waals surface area (Å²) < 4.78 is 0. The summed E-state index contributed by atoms with van der Waals surface area (Å²) in [5, 5.41) is 29.7. The van der Waals surface area contributed by atoms with Gasteiger partial charge < -0.3 is 20.4 Å². The van der Waals surface area contributed by atoms with Crippen molar-refractivity contribution in [3.63, 3.8) is 0 Å². The van der Waals surface area contributed by atoms with Crippen LogP contribution in [-0.4, -0.2) is 77.1 Å².